The van der Waals surface area contributed by atoms with Crippen LogP contribution in [0.15, 0.2) is 35.3 Å². The first-order valence-corrected chi connectivity index (χ1v) is 10.8. The fourth-order valence-corrected chi connectivity index (χ4v) is 4.69. The monoisotopic (exact) mass is 437 g/mol. The Morgan fingerprint density at radius 1 is 1.19 bits per heavy atom. The van der Waals surface area contributed by atoms with E-state index in [1.54, 1.807) is 30.8 Å². The Labute approximate surface area is 184 Å². The zero-order valence-electron chi connectivity index (χ0n) is 17.6. The first kappa shape index (κ1) is 21.0. The summed E-state index contributed by atoms with van der Waals surface area (Å²) in [6.45, 7) is 1.62. The number of ether oxygens (including phenoxy) is 1. The van der Waals surface area contributed by atoms with E-state index in [1.807, 2.05) is 6.07 Å². The molecule has 0 saturated carbocycles. The standard InChI is InChI=1S/C23H23N3O4S/c1-13(24-12-17(27)18-9-10-19(31-18)23(29)30-3)20-22(28)21(26(2)25-20)16-8-7-14-5-4-6-15(14)11-16/h7-11,28H,4-6,12H2,1-3H3. The number of rotatable bonds is 6. The second-order valence-corrected chi connectivity index (χ2v) is 8.57. The van der Waals surface area contributed by atoms with Crippen molar-refractivity contribution < 1.29 is 19.4 Å². The van der Waals surface area contributed by atoms with Crippen LogP contribution < -0.4 is 0 Å². The van der Waals surface area contributed by atoms with E-state index in [0.717, 1.165) is 36.2 Å². The molecule has 1 aromatic carbocycles. The molecule has 0 aliphatic heterocycles. The molecule has 0 amide bonds. The van der Waals surface area contributed by atoms with Crippen LogP contribution in [0.5, 0.6) is 5.75 Å². The third-order valence-corrected chi connectivity index (χ3v) is 6.57. The third-order valence-electron chi connectivity index (χ3n) is 5.46. The number of hydrogen-bond donors (Lipinski definition) is 1. The molecule has 0 radical (unpaired) electrons. The number of aryl methyl sites for hydroxylation is 3. The van der Waals surface area contributed by atoms with E-state index in [4.69, 9.17) is 0 Å². The average Bonchev–Trinajstić information content (AvgIpc) is 3.49. The van der Waals surface area contributed by atoms with Crippen LogP contribution in [0.4, 0.5) is 0 Å². The third kappa shape index (κ3) is 4.03. The van der Waals surface area contributed by atoms with E-state index < -0.39 is 5.97 Å². The Morgan fingerprint density at radius 2 is 1.94 bits per heavy atom. The number of carbonyl (C=O) groups excluding carboxylic acids is 2. The second kappa shape index (κ2) is 8.47. The number of Topliss-reactive ketones (excluding diaryl/α,β-unsaturated/α-hetero) is 1. The van der Waals surface area contributed by atoms with Crippen molar-refractivity contribution in [3.63, 3.8) is 0 Å². The van der Waals surface area contributed by atoms with Crippen molar-refractivity contribution in [3.8, 4) is 17.0 Å². The lowest BCUT2D eigenvalue weighted by Gasteiger charge is -2.06. The van der Waals surface area contributed by atoms with Crippen molar-refractivity contribution in [3.05, 3.63) is 56.9 Å². The minimum Gasteiger partial charge on any atom is -0.504 e. The number of aromatic nitrogens is 2. The number of methoxy groups -OCH3 is 1. The first-order chi connectivity index (χ1) is 14.9. The Hall–Kier alpha value is -3.26. The predicted molar refractivity (Wildman–Crippen MR) is 119 cm³/mol. The van der Waals surface area contributed by atoms with E-state index in [2.05, 4.69) is 27.0 Å². The van der Waals surface area contributed by atoms with Gasteiger partial charge in [0.15, 0.2) is 11.5 Å². The molecule has 0 spiro atoms. The molecule has 3 aromatic rings. The number of hydrogen-bond acceptors (Lipinski definition) is 7. The Kier molecular flexibility index (Phi) is 5.73. The first-order valence-electron chi connectivity index (χ1n) is 10.00. The number of ketones is 1. The average molecular weight is 438 g/mol. The van der Waals surface area contributed by atoms with Gasteiger partial charge >= 0.3 is 5.97 Å². The van der Waals surface area contributed by atoms with Crippen molar-refractivity contribution in [2.24, 2.45) is 12.0 Å². The maximum absolute atomic E-state index is 12.5. The maximum atomic E-state index is 12.5. The molecule has 2 aromatic heterocycles. The van der Waals surface area contributed by atoms with E-state index >= 15 is 0 Å². The van der Waals surface area contributed by atoms with Crippen LogP contribution in [0.1, 0.15) is 49.5 Å². The number of fused-ring (bicyclic) bond motifs is 1. The molecule has 0 fully saturated rings. The van der Waals surface area contributed by atoms with Gasteiger partial charge in [0, 0.05) is 12.6 Å². The molecular weight excluding hydrogens is 414 g/mol. The number of thiophene rings is 1. The summed E-state index contributed by atoms with van der Waals surface area (Å²) in [7, 11) is 3.08. The molecule has 0 bridgehead atoms. The summed E-state index contributed by atoms with van der Waals surface area (Å²) in [6.07, 6.45) is 3.31. The van der Waals surface area contributed by atoms with Crippen LogP contribution in [0, 0.1) is 0 Å². The van der Waals surface area contributed by atoms with Gasteiger partial charge in [-0.1, -0.05) is 12.1 Å². The van der Waals surface area contributed by atoms with Gasteiger partial charge in [-0.05, 0) is 55.5 Å². The normalized spacial score (nSPS) is 13.3. The summed E-state index contributed by atoms with van der Waals surface area (Å²) in [6, 6.07) is 9.40. The van der Waals surface area contributed by atoms with Gasteiger partial charge in [0.2, 0.25) is 0 Å². The van der Waals surface area contributed by atoms with Crippen molar-refractivity contribution in [1.29, 1.82) is 0 Å². The number of benzene rings is 1. The summed E-state index contributed by atoms with van der Waals surface area (Å²) in [5, 5.41) is 15.3. The minimum atomic E-state index is -0.471. The lowest BCUT2D eigenvalue weighted by molar-refractivity contribution is 0.0606. The fraction of sp³-hybridized carbons (Fsp3) is 0.304. The maximum Gasteiger partial charge on any atom is 0.348 e. The van der Waals surface area contributed by atoms with Crippen molar-refractivity contribution in [2.45, 2.75) is 26.2 Å². The van der Waals surface area contributed by atoms with Gasteiger partial charge in [-0.25, -0.2) is 4.79 Å². The van der Waals surface area contributed by atoms with Crippen LogP contribution in [0.25, 0.3) is 11.3 Å². The highest BCUT2D eigenvalue weighted by Gasteiger charge is 2.21. The van der Waals surface area contributed by atoms with Crippen molar-refractivity contribution >= 4 is 28.8 Å². The summed E-state index contributed by atoms with van der Waals surface area (Å²) in [5.41, 5.74) is 5.05. The summed E-state index contributed by atoms with van der Waals surface area (Å²) >= 11 is 1.08. The van der Waals surface area contributed by atoms with Crippen LogP contribution in [0.2, 0.25) is 0 Å². The lowest BCUT2D eigenvalue weighted by Crippen LogP contribution is -2.06. The number of carbonyl (C=O) groups is 2. The topological polar surface area (TPSA) is 93.8 Å². The van der Waals surface area contributed by atoms with E-state index in [1.165, 1.54) is 18.2 Å². The van der Waals surface area contributed by atoms with Gasteiger partial charge in [0.1, 0.15) is 22.8 Å². The van der Waals surface area contributed by atoms with Crippen molar-refractivity contribution in [2.75, 3.05) is 13.7 Å². The van der Waals surface area contributed by atoms with Gasteiger partial charge in [0.05, 0.1) is 17.7 Å². The molecular formula is C23H23N3O4S. The predicted octanol–water partition coefficient (Wildman–Crippen LogP) is 3.82. The van der Waals surface area contributed by atoms with E-state index in [9.17, 15) is 14.7 Å². The van der Waals surface area contributed by atoms with E-state index in [-0.39, 0.29) is 18.1 Å². The SMILES string of the molecule is COC(=O)c1ccc(C(=O)CN=C(C)c2nn(C)c(-c3ccc4c(c3)CCC4)c2O)s1. The minimum absolute atomic E-state index is 0.0539. The number of esters is 1. The molecule has 31 heavy (non-hydrogen) atoms. The molecule has 7 nitrogen and oxygen atoms in total. The Morgan fingerprint density at radius 3 is 2.71 bits per heavy atom. The molecule has 4 rings (SSSR count). The van der Waals surface area contributed by atoms with E-state index in [0.29, 0.717) is 26.9 Å². The zero-order chi connectivity index (χ0) is 22.1. The Balaban J connectivity index is 1.55. The molecule has 2 heterocycles. The molecule has 0 atom stereocenters. The Bertz CT molecular complexity index is 1210. The highest BCUT2D eigenvalue weighted by molar-refractivity contribution is 7.15. The van der Waals surface area contributed by atoms with Gasteiger partial charge in [0.25, 0.3) is 0 Å². The second-order valence-electron chi connectivity index (χ2n) is 7.49. The number of aromatic hydroxyl groups is 1. The van der Waals surface area contributed by atoms with Gasteiger partial charge < -0.3 is 9.84 Å². The number of nitrogens with zero attached hydrogens (tertiary/aromatic N) is 3. The van der Waals surface area contributed by atoms with Gasteiger partial charge in [-0.15, -0.1) is 11.3 Å². The summed E-state index contributed by atoms with van der Waals surface area (Å²) in [5.74, 6) is -0.631. The van der Waals surface area contributed by atoms with Crippen LogP contribution in [0.3, 0.4) is 0 Å². The molecule has 1 N–H and O–H groups in total. The molecule has 8 heteroatoms. The highest BCUT2D eigenvalue weighted by Crippen LogP contribution is 2.35. The van der Waals surface area contributed by atoms with Gasteiger partial charge in [-0.3, -0.25) is 14.5 Å². The van der Waals surface area contributed by atoms with Crippen LogP contribution in [-0.4, -0.2) is 46.0 Å². The smallest absolute Gasteiger partial charge is 0.348 e. The van der Waals surface area contributed by atoms with Crippen LogP contribution in [-0.2, 0) is 24.6 Å². The zero-order valence-corrected chi connectivity index (χ0v) is 18.5. The van der Waals surface area contributed by atoms with Crippen molar-refractivity contribution in [1.82, 2.24) is 9.78 Å². The summed E-state index contributed by atoms with van der Waals surface area (Å²) in [4.78, 5) is 29.2. The lowest BCUT2D eigenvalue weighted by atomic mass is 10.0. The molecule has 160 valence electrons. The van der Waals surface area contributed by atoms with Crippen LogP contribution >= 0.6 is 11.3 Å². The molecule has 1 aliphatic rings. The summed E-state index contributed by atoms with van der Waals surface area (Å²) < 4.78 is 6.31. The quantitative estimate of drug-likeness (QED) is 0.359. The molecule has 0 unspecified atom stereocenters. The number of aliphatic imine (C=N–C) groups is 1. The fourth-order valence-electron chi connectivity index (χ4n) is 3.84. The largest absolute Gasteiger partial charge is 0.504 e. The molecule has 0 saturated heterocycles. The highest BCUT2D eigenvalue weighted by atomic mass is 32.1. The molecule has 1 aliphatic carbocycles. The van der Waals surface area contributed by atoms with Gasteiger partial charge in [-0.2, -0.15) is 5.10 Å².